The zero-order valence-electron chi connectivity index (χ0n) is 15.0. The Morgan fingerprint density at radius 3 is 1.08 bits per heavy atom. The van der Waals surface area contributed by atoms with E-state index in [-0.39, 0.29) is 0 Å². The summed E-state index contributed by atoms with van der Waals surface area (Å²) in [6.45, 7) is 0. The van der Waals surface area contributed by atoms with Gasteiger partial charge in [-0.2, -0.15) is 0 Å². The maximum atomic E-state index is 7.43. The molecule has 3 aromatic rings. The fraction of sp³-hybridized carbons (Fsp3) is 0.182. The van der Waals surface area contributed by atoms with Crippen LogP contribution in [0.5, 0.6) is 17.2 Å². The lowest BCUT2D eigenvalue weighted by molar-refractivity contribution is 0.392. The van der Waals surface area contributed by atoms with Crippen LogP contribution >= 0.6 is 11.6 Å². The Balaban J connectivity index is 2.40. The Morgan fingerprint density at radius 2 is 0.808 bits per heavy atom. The molecule has 26 heavy (non-hydrogen) atoms. The van der Waals surface area contributed by atoms with E-state index < -0.39 is 4.87 Å². The summed E-state index contributed by atoms with van der Waals surface area (Å²) in [4.78, 5) is -1.05. The monoisotopic (exact) mass is 368 g/mol. The third kappa shape index (κ3) is 2.99. The Bertz CT molecular complexity index is 776. The van der Waals surface area contributed by atoms with Crippen molar-refractivity contribution in [3.8, 4) is 17.2 Å². The van der Waals surface area contributed by atoms with Crippen molar-refractivity contribution in [2.45, 2.75) is 4.87 Å². The van der Waals surface area contributed by atoms with E-state index in [2.05, 4.69) is 0 Å². The smallest absolute Gasteiger partial charge is 0.130 e. The summed E-state index contributed by atoms with van der Waals surface area (Å²) in [6.07, 6.45) is 0. The first-order valence-electron chi connectivity index (χ1n) is 8.26. The molecule has 0 bridgehead atoms. The van der Waals surface area contributed by atoms with Crippen LogP contribution in [0.25, 0.3) is 0 Å². The van der Waals surface area contributed by atoms with Gasteiger partial charge in [-0.15, -0.1) is 11.6 Å². The number of ether oxygens (including phenoxy) is 3. The highest BCUT2D eigenvalue weighted by molar-refractivity contribution is 6.29. The topological polar surface area (TPSA) is 27.7 Å². The minimum atomic E-state index is -1.05. The number of para-hydroxylation sites is 3. The van der Waals surface area contributed by atoms with Gasteiger partial charge in [-0.1, -0.05) is 54.6 Å². The molecule has 0 fully saturated rings. The molecule has 0 aliphatic rings. The van der Waals surface area contributed by atoms with E-state index in [1.54, 1.807) is 21.3 Å². The van der Waals surface area contributed by atoms with Crippen molar-refractivity contribution >= 4 is 11.6 Å². The molecule has 0 aliphatic heterocycles. The molecule has 3 aromatic carbocycles. The SMILES string of the molecule is COc1ccccc1C(Cl)(c1ccccc1OC)c1ccccc1OC. The number of halogens is 1. The number of methoxy groups -OCH3 is 3. The highest BCUT2D eigenvalue weighted by Crippen LogP contribution is 2.51. The largest absolute Gasteiger partial charge is 0.496 e. The number of hydrogen-bond acceptors (Lipinski definition) is 3. The van der Waals surface area contributed by atoms with Crippen molar-refractivity contribution in [2.24, 2.45) is 0 Å². The zero-order valence-corrected chi connectivity index (χ0v) is 15.8. The first-order valence-corrected chi connectivity index (χ1v) is 8.64. The van der Waals surface area contributed by atoms with Crippen molar-refractivity contribution in [3.05, 3.63) is 89.5 Å². The Morgan fingerprint density at radius 1 is 0.538 bits per heavy atom. The van der Waals surface area contributed by atoms with Crippen molar-refractivity contribution in [1.29, 1.82) is 0 Å². The molecular weight excluding hydrogens is 348 g/mol. The molecule has 4 heteroatoms. The third-order valence-corrected chi connectivity index (χ3v) is 5.05. The predicted octanol–water partition coefficient (Wildman–Crippen LogP) is 5.24. The van der Waals surface area contributed by atoms with Crippen LogP contribution in [0.3, 0.4) is 0 Å². The van der Waals surface area contributed by atoms with Crippen LogP contribution in [-0.2, 0) is 4.87 Å². The lowest BCUT2D eigenvalue weighted by atomic mass is 9.82. The number of benzene rings is 3. The number of hydrogen-bond donors (Lipinski definition) is 0. The first-order chi connectivity index (χ1) is 12.7. The van der Waals surface area contributed by atoms with E-state index in [0.717, 1.165) is 16.7 Å². The molecular formula is C22H21ClO3. The van der Waals surface area contributed by atoms with Crippen LogP contribution in [-0.4, -0.2) is 21.3 Å². The van der Waals surface area contributed by atoms with Crippen molar-refractivity contribution in [2.75, 3.05) is 21.3 Å². The van der Waals surface area contributed by atoms with Crippen molar-refractivity contribution < 1.29 is 14.2 Å². The van der Waals surface area contributed by atoms with Crippen LogP contribution in [0.4, 0.5) is 0 Å². The molecule has 0 saturated heterocycles. The minimum Gasteiger partial charge on any atom is -0.496 e. The zero-order chi connectivity index (χ0) is 18.6. The minimum absolute atomic E-state index is 0.694. The summed E-state index contributed by atoms with van der Waals surface area (Å²) >= 11 is 7.43. The molecule has 0 radical (unpaired) electrons. The molecule has 0 atom stereocenters. The molecule has 3 nitrogen and oxygen atoms in total. The molecule has 0 saturated carbocycles. The van der Waals surface area contributed by atoms with E-state index >= 15 is 0 Å². The Labute approximate surface area is 159 Å². The average Bonchev–Trinajstić information content (AvgIpc) is 2.73. The van der Waals surface area contributed by atoms with Crippen LogP contribution in [0.15, 0.2) is 72.8 Å². The van der Waals surface area contributed by atoms with Gasteiger partial charge in [0.25, 0.3) is 0 Å². The summed E-state index contributed by atoms with van der Waals surface area (Å²) < 4.78 is 16.8. The first kappa shape index (κ1) is 18.2. The second kappa shape index (κ2) is 7.71. The van der Waals surface area contributed by atoms with Crippen LogP contribution in [0.2, 0.25) is 0 Å². The molecule has 0 aliphatic carbocycles. The third-order valence-electron chi connectivity index (χ3n) is 4.43. The van der Waals surface area contributed by atoms with Gasteiger partial charge in [0.2, 0.25) is 0 Å². The van der Waals surface area contributed by atoms with Gasteiger partial charge in [-0.3, -0.25) is 0 Å². The van der Waals surface area contributed by atoms with Gasteiger partial charge >= 0.3 is 0 Å². The van der Waals surface area contributed by atoms with Crippen LogP contribution in [0, 0.1) is 0 Å². The second-order valence-electron chi connectivity index (χ2n) is 5.76. The van der Waals surface area contributed by atoms with E-state index in [1.807, 2.05) is 72.8 Å². The predicted molar refractivity (Wildman–Crippen MR) is 105 cm³/mol. The maximum Gasteiger partial charge on any atom is 0.130 e. The Kier molecular flexibility index (Phi) is 5.38. The van der Waals surface area contributed by atoms with E-state index in [9.17, 15) is 0 Å². The molecule has 0 amide bonds. The second-order valence-corrected chi connectivity index (χ2v) is 6.33. The van der Waals surface area contributed by atoms with Crippen molar-refractivity contribution in [1.82, 2.24) is 0 Å². The highest BCUT2D eigenvalue weighted by atomic mass is 35.5. The van der Waals surface area contributed by atoms with Gasteiger partial charge in [0.05, 0.1) is 21.3 Å². The molecule has 0 N–H and O–H groups in total. The summed E-state index contributed by atoms with van der Waals surface area (Å²) in [5.41, 5.74) is 2.45. The summed E-state index contributed by atoms with van der Waals surface area (Å²) in [5.74, 6) is 2.08. The van der Waals surface area contributed by atoms with Crippen molar-refractivity contribution in [3.63, 3.8) is 0 Å². The highest BCUT2D eigenvalue weighted by Gasteiger charge is 2.40. The number of rotatable bonds is 6. The van der Waals surface area contributed by atoms with Crippen LogP contribution < -0.4 is 14.2 Å². The molecule has 0 unspecified atom stereocenters. The molecule has 3 rings (SSSR count). The average molecular weight is 369 g/mol. The van der Waals surface area contributed by atoms with Gasteiger partial charge in [-0.25, -0.2) is 0 Å². The quantitative estimate of drug-likeness (QED) is 0.439. The maximum absolute atomic E-state index is 7.43. The lowest BCUT2D eigenvalue weighted by Gasteiger charge is -2.32. The van der Waals surface area contributed by atoms with E-state index in [4.69, 9.17) is 25.8 Å². The lowest BCUT2D eigenvalue weighted by Crippen LogP contribution is -2.24. The fourth-order valence-electron chi connectivity index (χ4n) is 3.22. The Hall–Kier alpha value is -2.65. The summed E-state index contributed by atoms with van der Waals surface area (Å²) in [6, 6.07) is 23.2. The number of alkyl halides is 1. The molecule has 0 aromatic heterocycles. The van der Waals surface area contributed by atoms with Gasteiger partial charge in [0.15, 0.2) is 0 Å². The van der Waals surface area contributed by atoms with Gasteiger partial charge in [-0.05, 0) is 18.2 Å². The van der Waals surface area contributed by atoms with Gasteiger partial charge < -0.3 is 14.2 Å². The van der Waals surface area contributed by atoms with E-state index in [1.165, 1.54) is 0 Å². The molecule has 0 spiro atoms. The summed E-state index contributed by atoms with van der Waals surface area (Å²) in [7, 11) is 4.92. The standard InChI is InChI=1S/C22H21ClO3/c1-24-19-13-7-4-10-16(19)22(23,17-11-5-8-14-20(17)25-2)18-12-6-9-15-21(18)26-3/h4-15H,1-3H3. The van der Waals surface area contributed by atoms with Crippen LogP contribution in [0.1, 0.15) is 16.7 Å². The van der Waals surface area contributed by atoms with Gasteiger partial charge in [0.1, 0.15) is 22.1 Å². The van der Waals surface area contributed by atoms with E-state index in [0.29, 0.717) is 17.2 Å². The molecule has 134 valence electrons. The van der Waals surface area contributed by atoms with Gasteiger partial charge in [0, 0.05) is 16.7 Å². The normalized spacial score (nSPS) is 11.1. The fourth-order valence-corrected chi connectivity index (χ4v) is 3.69. The molecule has 0 heterocycles. The summed E-state index contributed by atoms with van der Waals surface area (Å²) in [5, 5.41) is 0.